The molecule has 0 aromatic heterocycles. The summed E-state index contributed by atoms with van der Waals surface area (Å²) in [5.74, 6) is 1.42. The topological polar surface area (TPSA) is 59.6 Å². The van der Waals surface area contributed by atoms with Gasteiger partial charge >= 0.3 is 0 Å². The smallest absolute Gasteiger partial charge is 0.224 e. The quantitative estimate of drug-likeness (QED) is 0.774. The molecule has 2 N–H and O–H groups in total. The van der Waals surface area contributed by atoms with Crippen LogP contribution in [0.3, 0.4) is 0 Å². The largest absolute Gasteiger partial charge is 0.489 e. The van der Waals surface area contributed by atoms with Gasteiger partial charge in [0.1, 0.15) is 12.4 Å². The summed E-state index contributed by atoms with van der Waals surface area (Å²) in [6, 6.07) is 7.64. The molecule has 0 bridgehead atoms. The van der Waals surface area contributed by atoms with E-state index in [-0.39, 0.29) is 24.4 Å². The lowest BCUT2D eigenvalue weighted by Gasteiger charge is -2.23. The molecule has 0 radical (unpaired) electrons. The molecule has 3 rings (SSSR count). The van der Waals surface area contributed by atoms with Crippen LogP contribution < -0.4 is 15.4 Å². The molecular formula is C19H29ClN2O3. The van der Waals surface area contributed by atoms with Crippen molar-refractivity contribution in [3.8, 4) is 5.75 Å². The monoisotopic (exact) mass is 368 g/mol. The Morgan fingerprint density at radius 2 is 2.16 bits per heavy atom. The number of hydrogen-bond donors (Lipinski definition) is 2. The first kappa shape index (κ1) is 20.0. The van der Waals surface area contributed by atoms with E-state index in [0.717, 1.165) is 50.4 Å². The second kappa shape index (κ2) is 10.6. The van der Waals surface area contributed by atoms with E-state index in [1.807, 2.05) is 24.3 Å². The number of nitrogens with one attached hydrogen (secondary N) is 2. The number of rotatable bonds is 7. The molecule has 6 heteroatoms. The zero-order valence-electron chi connectivity index (χ0n) is 14.7. The maximum atomic E-state index is 12.2. The molecular weight excluding hydrogens is 340 g/mol. The summed E-state index contributed by atoms with van der Waals surface area (Å²) in [4.78, 5) is 12.2. The SMILES string of the molecule is Cl.O=C(CCC1CCNC1)Nc1ccccc1OCC1CCCCO1. The Bertz CT molecular complexity index is 529. The Balaban J connectivity index is 0.00000225. The number of carbonyl (C=O) groups is 1. The zero-order valence-corrected chi connectivity index (χ0v) is 15.5. The second-order valence-electron chi connectivity index (χ2n) is 6.74. The Labute approximate surface area is 156 Å². The summed E-state index contributed by atoms with van der Waals surface area (Å²) >= 11 is 0. The first-order valence-electron chi connectivity index (χ1n) is 9.15. The van der Waals surface area contributed by atoms with Crippen molar-refractivity contribution in [1.82, 2.24) is 5.32 Å². The van der Waals surface area contributed by atoms with Gasteiger partial charge in [0.15, 0.2) is 0 Å². The maximum Gasteiger partial charge on any atom is 0.224 e. The lowest BCUT2D eigenvalue weighted by molar-refractivity contribution is -0.116. The molecule has 1 aromatic carbocycles. The predicted molar refractivity (Wildman–Crippen MR) is 102 cm³/mol. The lowest BCUT2D eigenvalue weighted by Crippen LogP contribution is -2.26. The van der Waals surface area contributed by atoms with Crippen LogP contribution in [0.15, 0.2) is 24.3 Å². The molecule has 25 heavy (non-hydrogen) atoms. The molecule has 2 saturated heterocycles. The van der Waals surface area contributed by atoms with Crippen LogP contribution in [0, 0.1) is 5.92 Å². The van der Waals surface area contributed by atoms with E-state index in [0.29, 0.717) is 18.9 Å². The van der Waals surface area contributed by atoms with Gasteiger partial charge < -0.3 is 20.1 Å². The van der Waals surface area contributed by atoms with Crippen molar-refractivity contribution in [3.63, 3.8) is 0 Å². The van der Waals surface area contributed by atoms with E-state index in [1.165, 1.54) is 12.8 Å². The van der Waals surface area contributed by atoms with Crippen molar-refractivity contribution >= 4 is 24.0 Å². The highest BCUT2D eigenvalue weighted by molar-refractivity contribution is 5.92. The molecule has 2 aliphatic rings. The highest BCUT2D eigenvalue weighted by atomic mass is 35.5. The van der Waals surface area contributed by atoms with Crippen LogP contribution in [0.4, 0.5) is 5.69 Å². The van der Waals surface area contributed by atoms with Gasteiger partial charge in [-0.25, -0.2) is 0 Å². The molecule has 2 aliphatic heterocycles. The van der Waals surface area contributed by atoms with Crippen LogP contribution in [0.25, 0.3) is 0 Å². The molecule has 140 valence electrons. The van der Waals surface area contributed by atoms with Crippen molar-refractivity contribution in [2.45, 2.75) is 44.6 Å². The predicted octanol–water partition coefficient (Wildman–Crippen LogP) is 3.38. The number of carbonyl (C=O) groups excluding carboxylic acids is 1. The maximum absolute atomic E-state index is 12.2. The fourth-order valence-electron chi connectivity index (χ4n) is 3.33. The van der Waals surface area contributed by atoms with Gasteiger partial charge in [-0.2, -0.15) is 0 Å². The van der Waals surface area contributed by atoms with Crippen molar-refractivity contribution in [3.05, 3.63) is 24.3 Å². The molecule has 0 saturated carbocycles. The first-order valence-corrected chi connectivity index (χ1v) is 9.15. The van der Waals surface area contributed by atoms with E-state index in [9.17, 15) is 4.79 Å². The van der Waals surface area contributed by atoms with Crippen LogP contribution in [-0.2, 0) is 9.53 Å². The number of benzene rings is 1. The van der Waals surface area contributed by atoms with E-state index < -0.39 is 0 Å². The van der Waals surface area contributed by atoms with E-state index in [1.54, 1.807) is 0 Å². The van der Waals surface area contributed by atoms with Gasteiger partial charge in [0.25, 0.3) is 0 Å². The first-order chi connectivity index (χ1) is 11.8. The van der Waals surface area contributed by atoms with Crippen molar-refractivity contribution in [1.29, 1.82) is 0 Å². The highest BCUT2D eigenvalue weighted by Crippen LogP contribution is 2.25. The molecule has 0 spiro atoms. The Morgan fingerprint density at radius 1 is 1.28 bits per heavy atom. The van der Waals surface area contributed by atoms with Gasteiger partial charge in [0.2, 0.25) is 5.91 Å². The molecule has 2 unspecified atom stereocenters. The van der Waals surface area contributed by atoms with Crippen molar-refractivity contribution in [2.75, 3.05) is 31.6 Å². The molecule has 2 fully saturated rings. The van der Waals surface area contributed by atoms with Crippen LogP contribution in [0.5, 0.6) is 5.75 Å². The average molecular weight is 369 g/mol. The number of hydrogen-bond acceptors (Lipinski definition) is 4. The number of amides is 1. The van der Waals surface area contributed by atoms with Crippen LogP contribution >= 0.6 is 12.4 Å². The van der Waals surface area contributed by atoms with Crippen molar-refractivity contribution < 1.29 is 14.3 Å². The molecule has 2 heterocycles. The number of anilines is 1. The zero-order chi connectivity index (χ0) is 16.6. The summed E-state index contributed by atoms with van der Waals surface area (Å²) in [6.45, 7) is 3.48. The standard InChI is InChI=1S/C19H28N2O3.ClH/c22-19(9-8-15-10-11-20-13-15)21-17-6-1-2-7-18(17)24-14-16-5-3-4-12-23-16;/h1-2,6-7,15-16,20H,3-5,8-14H2,(H,21,22);1H. The third-order valence-electron chi connectivity index (χ3n) is 4.80. The van der Waals surface area contributed by atoms with Crippen LogP contribution in [0.1, 0.15) is 38.5 Å². The van der Waals surface area contributed by atoms with Gasteiger partial charge in [-0.15, -0.1) is 12.4 Å². The summed E-state index contributed by atoms with van der Waals surface area (Å²) in [6.07, 6.45) is 6.22. The minimum absolute atomic E-state index is 0. The van der Waals surface area contributed by atoms with Crippen LogP contribution in [0.2, 0.25) is 0 Å². The van der Waals surface area contributed by atoms with Crippen molar-refractivity contribution in [2.24, 2.45) is 5.92 Å². The highest BCUT2D eigenvalue weighted by Gasteiger charge is 2.17. The Hall–Kier alpha value is -1.30. The molecule has 5 nitrogen and oxygen atoms in total. The third-order valence-corrected chi connectivity index (χ3v) is 4.80. The molecule has 1 aromatic rings. The number of ether oxygens (including phenoxy) is 2. The summed E-state index contributed by atoms with van der Waals surface area (Å²) in [5, 5.41) is 6.34. The molecule has 1 amide bonds. The summed E-state index contributed by atoms with van der Waals surface area (Å²) in [7, 11) is 0. The second-order valence-corrected chi connectivity index (χ2v) is 6.74. The van der Waals surface area contributed by atoms with Gasteiger partial charge in [-0.1, -0.05) is 12.1 Å². The fourth-order valence-corrected chi connectivity index (χ4v) is 3.33. The summed E-state index contributed by atoms with van der Waals surface area (Å²) < 4.78 is 11.6. The normalized spacial score (nSPS) is 22.9. The van der Waals surface area contributed by atoms with Crippen LogP contribution in [-0.4, -0.2) is 38.3 Å². The van der Waals surface area contributed by atoms with E-state index in [2.05, 4.69) is 10.6 Å². The van der Waals surface area contributed by atoms with Gasteiger partial charge in [0, 0.05) is 13.0 Å². The van der Waals surface area contributed by atoms with E-state index in [4.69, 9.17) is 9.47 Å². The molecule has 2 atom stereocenters. The Kier molecular flexibility index (Phi) is 8.52. The third kappa shape index (κ3) is 6.49. The van der Waals surface area contributed by atoms with Gasteiger partial charge in [-0.05, 0) is 63.2 Å². The van der Waals surface area contributed by atoms with E-state index >= 15 is 0 Å². The molecule has 0 aliphatic carbocycles. The Morgan fingerprint density at radius 3 is 2.92 bits per heavy atom. The average Bonchev–Trinajstić information content (AvgIpc) is 3.14. The lowest BCUT2D eigenvalue weighted by atomic mass is 10.0. The fraction of sp³-hybridized carbons (Fsp3) is 0.632. The minimum Gasteiger partial charge on any atom is -0.489 e. The minimum atomic E-state index is 0. The number of halogens is 1. The summed E-state index contributed by atoms with van der Waals surface area (Å²) in [5.41, 5.74) is 0.753. The van der Waals surface area contributed by atoms with Gasteiger partial charge in [0.05, 0.1) is 11.8 Å². The van der Waals surface area contributed by atoms with Gasteiger partial charge in [-0.3, -0.25) is 4.79 Å². The number of para-hydroxylation sites is 2.